The molecule has 0 spiro atoms. The molecule has 1 aliphatic rings. The number of hydrogen-bond donors (Lipinski definition) is 1. The van der Waals surface area contributed by atoms with Crippen LogP contribution in [-0.4, -0.2) is 6.04 Å². The predicted molar refractivity (Wildman–Crippen MR) is 76.5 cm³/mol. The summed E-state index contributed by atoms with van der Waals surface area (Å²) < 4.78 is 0. The Morgan fingerprint density at radius 3 is 2.65 bits per heavy atom. The van der Waals surface area contributed by atoms with Crippen molar-refractivity contribution in [1.29, 1.82) is 0 Å². The quantitative estimate of drug-likeness (QED) is 0.823. The molecule has 1 aromatic heterocycles. The van der Waals surface area contributed by atoms with E-state index in [1.807, 2.05) is 11.3 Å². The first-order valence-electron chi connectivity index (χ1n) is 6.77. The highest BCUT2D eigenvalue weighted by Gasteiger charge is 2.32. The SMILES string of the molecule is CC(C)C(NC1CCC(C)(C)C1)c1cccs1. The monoisotopic (exact) mass is 251 g/mol. The Kier molecular flexibility index (Phi) is 3.94. The first-order valence-corrected chi connectivity index (χ1v) is 7.65. The number of hydrogen-bond acceptors (Lipinski definition) is 2. The van der Waals surface area contributed by atoms with Crippen LogP contribution in [0.5, 0.6) is 0 Å². The summed E-state index contributed by atoms with van der Waals surface area (Å²) in [5, 5.41) is 6.07. The molecule has 96 valence electrons. The fourth-order valence-corrected chi connectivity index (χ4v) is 3.86. The van der Waals surface area contributed by atoms with Gasteiger partial charge in [-0.3, -0.25) is 0 Å². The molecule has 2 unspecified atom stereocenters. The van der Waals surface area contributed by atoms with E-state index in [4.69, 9.17) is 0 Å². The molecule has 0 amide bonds. The van der Waals surface area contributed by atoms with Gasteiger partial charge in [0.05, 0.1) is 0 Å². The average molecular weight is 251 g/mol. The maximum Gasteiger partial charge on any atom is 0.0440 e. The minimum absolute atomic E-state index is 0.536. The van der Waals surface area contributed by atoms with Gasteiger partial charge in [0.2, 0.25) is 0 Å². The Balaban J connectivity index is 2.00. The minimum Gasteiger partial charge on any atom is -0.306 e. The molecule has 0 bridgehead atoms. The predicted octanol–water partition coefficient (Wildman–Crippen LogP) is 4.61. The van der Waals surface area contributed by atoms with Gasteiger partial charge in [-0.15, -0.1) is 11.3 Å². The summed E-state index contributed by atoms with van der Waals surface area (Å²) in [6.45, 7) is 9.42. The van der Waals surface area contributed by atoms with E-state index >= 15 is 0 Å². The van der Waals surface area contributed by atoms with Crippen molar-refractivity contribution in [3.8, 4) is 0 Å². The lowest BCUT2D eigenvalue weighted by Crippen LogP contribution is -2.33. The van der Waals surface area contributed by atoms with Crippen molar-refractivity contribution in [1.82, 2.24) is 5.32 Å². The minimum atomic E-state index is 0.536. The lowest BCUT2D eigenvalue weighted by Gasteiger charge is -2.26. The molecule has 2 heteroatoms. The second-order valence-corrected chi connectivity index (χ2v) is 7.49. The molecule has 1 heterocycles. The summed E-state index contributed by atoms with van der Waals surface area (Å²) in [5.74, 6) is 0.664. The third-order valence-electron chi connectivity index (χ3n) is 3.90. The lowest BCUT2D eigenvalue weighted by atomic mass is 9.91. The van der Waals surface area contributed by atoms with E-state index in [9.17, 15) is 0 Å². The van der Waals surface area contributed by atoms with E-state index in [2.05, 4.69) is 50.5 Å². The van der Waals surface area contributed by atoms with Gasteiger partial charge in [0, 0.05) is 17.0 Å². The maximum atomic E-state index is 3.88. The van der Waals surface area contributed by atoms with Crippen LogP contribution in [-0.2, 0) is 0 Å². The smallest absolute Gasteiger partial charge is 0.0440 e. The summed E-state index contributed by atoms with van der Waals surface area (Å²) >= 11 is 1.88. The molecule has 0 aromatic carbocycles. The Morgan fingerprint density at radius 2 is 2.18 bits per heavy atom. The van der Waals surface area contributed by atoms with Gasteiger partial charge in [0.15, 0.2) is 0 Å². The van der Waals surface area contributed by atoms with Crippen molar-refractivity contribution < 1.29 is 0 Å². The van der Waals surface area contributed by atoms with E-state index in [1.165, 1.54) is 24.1 Å². The van der Waals surface area contributed by atoms with Gasteiger partial charge < -0.3 is 5.32 Å². The number of nitrogens with one attached hydrogen (secondary N) is 1. The maximum absolute atomic E-state index is 3.88. The van der Waals surface area contributed by atoms with E-state index in [1.54, 1.807) is 0 Å². The topological polar surface area (TPSA) is 12.0 Å². The van der Waals surface area contributed by atoms with Crippen molar-refractivity contribution in [3.63, 3.8) is 0 Å². The molecule has 0 radical (unpaired) electrons. The van der Waals surface area contributed by atoms with Crippen molar-refractivity contribution in [3.05, 3.63) is 22.4 Å². The number of thiophene rings is 1. The van der Waals surface area contributed by atoms with Gasteiger partial charge >= 0.3 is 0 Å². The van der Waals surface area contributed by atoms with Gasteiger partial charge in [0.25, 0.3) is 0 Å². The standard InChI is InChI=1S/C15H25NS/c1-11(2)14(13-6-5-9-17-13)16-12-7-8-15(3,4)10-12/h5-6,9,11-12,14,16H,7-8,10H2,1-4H3. The highest BCUT2D eigenvalue weighted by atomic mass is 32.1. The molecule has 1 fully saturated rings. The van der Waals surface area contributed by atoms with Gasteiger partial charge in [0.1, 0.15) is 0 Å². The first kappa shape index (κ1) is 13.1. The van der Waals surface area contributed by atoms with Crippen LogP contribution in [0.25, 0.3) is 0 Å². The molecule has 0 saturated heterocycles. The summed E-state index contributed by atoms with van der Waals surface area (Å²) in [6.07, 6.45) is 4.02. The van der Waals surface area contributed by atoms with Crippen LogP contribution >= 0.6 is 11.3 Å². The average Bonchev–Trinajstić information content (AvgIpc) is 2.83. The molecule has 2 atom stereocenters. The number of rotatable bonds is 4. The molecular weight excluding hydrogens is 226 g/mol. The second-order valence-electron chi connectivity index (χ2n) is 6.51. The summed E-state index contributed by atoms with van der Waals surface area (Å²) in [5.41, 5.74) is 0.536. The Labute approximate surface area is 110 Å². The summed E-state index contributed by atoms with van der Waals surface area (Å²) in [4.78, 5) is 1.49. The lowest BCUT2D eigenvalue weighted by molar-refractivity contribution is 0.328. The molecular formula is C15H25NS. The summed E-state index contributed by atoms with van der Waals surface area (Å²) in [6, 6.07) is 5.67. The van der Waals surface area contributed by atoms with Gasteiger partial charge in [-0.05, 0) is 42.0 Å². The van der Waals surface area contributed by atoms with Crippen LogP contribution in [0.15, 0.2) is 17.5 Å². The molecule has 1 N–H and O–H groups in total. The van der Waals surface area contributed by atoms with Crippen LogP contribution in [0.4, 0.5) is 0 Å². The van der Waals surface area contributed by atoms with Gasteiger partial charge in [-0.2, -0.15) is 0 Å². The third-order valence-corrected chi connectivity index (χ3v) is 4.86. The van der Waals surface area contributed by atoms with Crippen LogP contribution < -0.4 is 5.32 Å². The second kappa shape index (κ2) is 5.11. The fraction of sp³-hybridized carbons (Fsp3) is 0.733. The third kappa shape index (κ3) is 3.32. The zero-order valence-electron chi connectivity index (χ0n) is 11.5. The van der Waals surface area contributed by atoms with Crippen molar-refractivity contribution in [2.24, 2.45) is 11.3 Å². The zero-order valence-corrected chi connectivity index (χ0v) is 12.3. The molecule has 17 heavy (non-hydrogen) atoms. The highest BCUT2D eigenvalue weighted by molar-refractivity contribution is 7.10. The molecule has 1 nitrogen and oxygen atoms in total. The van der Waals surface area contributed by atoms with E-state index in [0.717, 1.165) is 0 Å². The Morgan fingerprint density at radius 1 is 1.41 bits per heavy atom. The normalized spacial score (nSPS) is 25.4. The van der Waals surface area contributed by atoms with Crippen molar-refractivity contribution in [2.75, 3.05) is 0 Å². The first-order chi connectivity index (χ1) is 7.98. The Bertz CT molecular complexity index is 340. The fourth-order valence-electron chi connectivity index (χ4n) is 2.90. The van der Waals surface area contributed by atoms with Crippen molar-refractivity contribution >= 4 is 11.3 Å². The summed E-state index contributed by atoms with van der Waals surface area (Å²) in [7, 11) is 0. The van der Waals surface area contributed by atoms with E-state index < -0.39 is 0 Å². The molecule has 0 aliphatic heterocycles. The highest BCUT2D eigenvalue weighted by Crippen LogP contribution is 2.38. The molecule has 1 aromatic rings. The van der Waals surface area contributed by atoms with Crippen LogP contribution in [0.2, 0.25) is 0 Å². The van der Waals surface area contributed by atoms with Crippen LogP contribution in [0.3, 0.4) is 0 Å². The van der Waals surface area contributed by atoms with E-state index in [0.29, 0.717) is 23.4 Å². The van der Waals surface area contributed by atoms with Gasteiger partial charge in [-0.1, -0.05) is 33.8 Å². The molecule has 1 aliphatic carbocycles. The van der Waals surface area contributed by atoms with E-state index in [-0.39, 0.29) is 0 Å². The molecule has 1 saturated carbocycles. The van der Waals surface area contributed by atoms with Gasteiger partial charge in [-0.25, -0.2) is 0 Å². The largest absolute Gasteiger partial charge is 0.306 e. The van der Waals surface area contributed by atoms with Crippen LogP contribution in [0.1, 0.15) is 57.9 Å². The van der Waals surface area contributed by atoms with Crippen molar-refractivity contribution in [2.45, 2.75) is 59.0 Å². The molecule has 2 rings (SSSR count). The zero-order chi connectivity index (χ0) is 12.5. The van der Waals surface area contributed by atoms with Crippen LogP contribution in [0, 0.1) is 11.3 Å². The Hall–Kier alpha value is -0.340.